The molecule has 0 aromatic heterocycles. The van der Waals surface area contributed by atoms with Crippen molar-refractivity contribution in [2.75, 3.05) is 5.32 Å². The molecule has 0 spiro atoms. The zero-order valence-corrected chi connectivity index (χ0v) is 13.8. The maximum Gasteiger partial charge on any atom is 0.269 e. The molecule has 1 aliphatic heterocycles. The van der Waals surface area contributed by atoms with Gasteiger partial charge in [0, 0.05) is 23.7 Å². The van der Waals surface area contributed by atoms with Crippen LogP contribution >= 0.6 is 0 Å². The van der Waals surface area contributed by atoms with Gasteiger partial charge in [-0.25, -0.2) is 0 Å². The molecule has 4 nitrogen and oxygen atoms in total. The molecular formula is C20H20N2O2. The van der Waals surface area contributed by atoms with Crippen molar-refractivity contribution < 1.29 is 4.92 Å². The number of nitrogens with one attached hydrogen (secondary N) is 1. The van der Waals surface area contributed by atoms with Crippen LogP contribution < -0.4 is 5.32 Å². The highest BCUT2D eigenvalue weighted by molar-refractivity contribution is 5.63. The van der Waals surface area contributed by atoms with E-state index in [0.717, 1.165) is 12.0 Å². The van der Waals surface area contributed by atoms with Gasteiger partial charge in [-0.05, 0) is 54.5 Å². The van der Waals surface area contributed by atoms with Gasteiger partial charge in [0.25, 0.3) is 5.69 Å². The van der Waals surface area contributed by atoms with E-state index in [0.29, 0.717) is 11.8 Å². The van der Waals surface area contributed by atoms with Gasteiger partial charge in [0.1, 0.15) is 0 Å². The average molecular weight is 320 g/mol. The second-order valence-corrected chi connectivity index (χ2v) is 6.87. The molecule has 0 unspecified atom stereocenters. The number of allylic oxidation sites excluding steroid dienone is 2. The zero-order valence-electron chi connectivity index (χ0n) is 13.8. The first-order valence-corrected chi connectivity index (χ1v) is 8.33. The van der Waals surface area contributed by atoms with Crippen LogP contribution in [-0.4, -0.2) is 4.92 Å². The van der Waals surface area contributed by atoms with Crippen LogP contribution in [-0.2, 0) is 0 Å². The van der Waals surface area contributed by atoms with Gasteiger partial charge in [-0.15, -0.1) is 0 Å². The fraction of sp³-hybridized carbons (Fsp3) is 0.300. The molecule has 2 aliphatic rings. The Morgan fingerprint density at radius 1 is 1.17 bits per heavy atom. The van der Waals surface area contributed by atoms with E-state index in [-0.39, 0.29) is 16.7 Å². The van der Waals surface area contributed by atoms with E-state index in [1.807, 2.05) is 12.1 Å². The van der Waals surface area contributed by atoms with Gasteiger partial charge >= 0.3 is 0 Å². The van der Waals surface area contributed by atoms with Gasteiger partial charge in [0.2, 0.25) is 0 Å². The first-order chi connectivity index (χ1) is 11.5. The Morgan fingerprint density at radius 2 is 1.92 bits per heavy atom. The Kier molecular flexibility index (Phi) is 3.41. The minimum absolute atomic E-state index is 0.141. The van der Waals surface area contributed by atoms with E-state index in [2.05, 4.69) is 43.4 Å². The number of hydrogen-bond donors (Lipinski definition) is 1. The predicted molar refractivity (Wildman–Crippen MR) is 95.4 cm³/mol. The van der Waals surface area contributed by atoms with Gasteiger partial charge < -0.3 is 5.32 Å². The number of nitrogens with zero attached hydrogens (tertiary/aromatic N) is 1. The van der Waals surface area contributed by atoms with Crippen LogP contribution in [0.1, 0.15) is 40.6 Å². The average Bonchev–Trinajstić information content (AvgIpc) is 3.02. The van der Waals surface area contributed by atoms with Crippen LogP contribution in [0.15, 0.2) is 48.6 Å². The monoisotopic (exact) mass is 320 g/mol. The lowest BCUT2D eigenvalue weighted by atomic mass is 9.75. The third kappa shape index (κ3) is 2.30. The fourth-order valence-electron chi connectivity index (χ4n) is 4.27. The molecule has 0 saturated carbocycles. The van der Waals surface area contributed by atoms with E-state index in [9.17, 15) is 10.1 Å². The van der Waals surface area contributed by atoms with Crippen LogP contribution in [0.4, 0.5) is 11.4 Å². The van der Waals surface area contributed by atoms with Crippen LogP contribution in [0.3, 0.4) is 0 Å². The largest absolute Gasteiger partial charge is 0.378 e. The minimum atomic E-state index is -0.347. The molecule has 1 heterocycles. The Morgan fingerprint density at radius 3 is 2.62 bits per heavy atom. The molecule has 0 fully saturated rings. The van der Waals surface area contributed by atoms with Crippen molar-refractivity contribution in [1.82, 2.24) is 0 Å². The third-order valence-electron chi connectivity index (χ3n) is 5.28. The summed E-state index contributed by atoms with van der Waals surface area (Å²) in [4.78, 5) is 10.5. The summed E-state index contributed by atoms with van der Waals surface area (Å²) in [6.07, 6.45) is 5.63. The number of nitro groups is 1. The quantitative estimate of drug-likeness (QED) is 0.479. The topological polar surface area (TPSA) is 55.2 Å². The van der Waals surface area contributed by atoms with Crippen molar-refractivity contribution in [2.45, 2.75) is 32.2 Å². The summed E-state index contributed by atoms with van der Waals surface area (Å²) in [7, 11) is 0. The second kappa shape index (κ2) is 5.48. The van der Waals surface area contributed by atoms with Crippen LogP contribution in [0.25, 0.3) is 0 Å². The number of benzene rings is 2. The van der Waals surface area contributed by atoms with E-state index >= 15 is 0 Å². The first-order valence-electron chi connectivity index (χ1n) is 8.33. The van der Waals surface area contributed by atoms with Gasteiger partial charge in [-0.2, -0.15) is 0 Å². The highest BCUT2D eigenvalue weighted by atomic mass is 16.6. The molecular weight excluding hydrogens is 300 g/mol. The molecule has 0 saturated heterocycles. The number of anilines is 1. The highest BCUT2D eigenvalue weighted by Gasteiger charge is 2.38. The summed E-state index contributed by atoms with van der Waals surface area (Å²) < 4.78 is 0. The standard InChI is InChI=1S/C20H20N2O2/c1-12-10-13(2)19-16-4-3-5-17(16)20(21-18(19)11-12)14-6-8-15(9-7-14)22(23)24/h3-4,6-11,16-17,20-21H,5H2,1-2H3/t16-,17-,20+/m0/s1. The third-order valence-corrected chi connectivity index (χ3v) is 5.28. The second-order valence-electron chi connectivity index (χ2n) is 6.87. The summed E-state index contributed by atoms with van der Waals surface area (Å²) in [5, 5.41) is 14.6. The normalized spacial score (nSPS) is 24.2. The van der Waals surface area contributed by atoms with E-state index in [1.54, 1.807) is 12.1 Å². The SMILES string of the molecule is Cc1cc(C)c2c(c1)N[C@H](c1ccc([N+](=O)[O-])cc1)[C@H]1CC=C[C@H]21. The predicted octanol–water partition coefficient (Wildman–Crippen LogP) is 5.04. The molecule has 24 heavy (non-hydrogen) atoms. The lowest BCUT2D eigenvalue weighted by Gasteiger charge is -2.38. The molecule has 3 atom stereocenters. The molecule has 0 radical (unpaired) electrons. The molecule has 2 aromatic carbocycles. The molecule has 4 heteroatoms. The molecule has 122 valence electrons. The summed E-state index contributed by atoms with van der Waals surface area (Å²) >= 11 is 0. The zero-order chi connectivity index (χ0) is 16.8. The van der Waals surface area contributed by atoms with Crippen molar-refractivity contribution in [3.8, 4) is 0 Å². The number of nitro benzene ring substituents is 1. The van der Waals surface area contributed by atoms with Gasteiger partial charge in [-0.3, -0.25) is 10.1 Å². The maximum absolute atomic E-state index is 10.9. The van der Waals surface area contributed by atoms with E-state index in [4.69, 9.17) is 0 Å². The lowest BCUT2D eigenvalue weighted by molar-refractivity contribution is -0.384. The lowest BCUT2D eigenvalue weighted by Crippen LogP contribution is -2.29. The molecule has 0 bridgehead atoms. The smallest absolute Gasteiger partial charge is 0.269 e. The van der Waals surface area contributed by atoms with E-state index < -0.39 is 0 Å². The summed E-state index contributed by atoms with van der Waals surface area (Å²) in [5.41, 5.74) is 6.44. The van der Waals surface area contributed by atoms with Crippen molar-refractivity contribution in [2.24, 2.45) is 5.92 Å². The Hall–Kier alpha value is -2.62. The Labute approximate surface area is 141 Å². The molecule has 4 rings (SSSR count). The van der Waals surface area contributed by atoms with Gasteiger partial charge in [0.15, 0.2) is 0 Å². The number of hydrogen-bond acceptors (Lipinski definition) is 3. The highest BCUT2D eigenvalue weighted by Crippen LogP contribution is 2.51. The molecule has 1 N–H and O–H groups in total. The summed E-state index contributed by atoms with van der Waals surface area (Å²) in [6.45, 7) is 4.30. The summed E-state index contributed by atoms with van der Waals surface area (Å²) in [5.74, 6) is 0.877. The van der Waals surface area contributed by atoms with Crippen LogP contribution in [0.2, 0.25) is 0 Å². The number of aryl methyl sites for hydroxylation is 2. The van der Waals surface area contributed by atoms with Crippen molar-refractivity contribution >= 4 is 11.4 Å². The molecule has 0 amide bonds. The van der Waals surface area contributed by atoms with Crippen molar-refractivity contribution in [3.05, 3.63) is 80.9 Å². The molecule has 2 aromatic rings. The number of fused-ring (bicyclic) bond motifs is 3. The van der Waals surface area contributed by atoms with Crippen LogP contribution in [0, 0.1) is 29.9 Å². The van der Waals surface area contributed by atoms with Crippen LogP contribution in [0.5, 0.6) is 0 Å². The summed E-state index contributed by atoms with van der Waals surface area (Å²) in [6, 6.07) is 11.6. The van der Waals surface area contributed by atoms with Gasteiger partial charge in [-0.1, -0.05) is 30.4 Å². The first kappa shape index (κ1) is 14.9. The maximum atomic E-state index is 10.9. The number of rotatable bonds is 2. The van der Waals surface area contributed by atoms with Crippen molar-refractivity contribution in [1.29, 1.82) is 0 Å². The Balaban J connectivity index is 1.76. The molecule has 1 aliphatic carbocycles. The minimum Gasteiger partial charge on any atom is -0.378 e. The fourth-order valence-corrected chi connectivity index (χ4v) is 4.27. The number of non-ortho nitro benzene ring substituents is 1. The van der Waals surface area contributed by atoms with Crippen molar-refractivity contribution in [3.63, 3.8) is 0 Å². The van der Waals surface area contributed by atoms with E-state index in [1.165, 1.54) is 22.4 Å². The Bertz CT molecular complexity index is 839. The van der Waals surface area contributed by atoms with Gasteiger partial charge in [0.05, 0.1) is 11.0 Å².